The van der Waals surface area contributed by atoms with Gasteiger partial charge in [-0.1, -0.05) is 58.4 Å². The third-order valence-corrected chi connectivity index (χ3v) is 4.29. The van der Waals surface area contributed by atoms with Crippen LogP contribution in [-0.4, -0.2) is 10.3 Å². The van der Waals surface area contributed by atoms with Crippen LogP contribution in [0.5, 0.6) is 0 Å². The van der Waals surface area contributed by atoms with Crippen molar-refractivity contribution in [3.63, 3.8) is 0 Å². The summed E-state index contributed by atoms with van der Waals surface area (Å²) in [6.07, 6.45) is 0.987. The molecule has 0 spiro atoms. The van der Waals surface area contributed by atoms with Gasteiger partial charge in [0.15, 0.2) is 0 Å². The van der Waals surface area contributed by atoms with Crippen molar-refractivity contribution in [2.24, 2.45) is 0 Å². The number of aromatic nitrogens is 1. The van der Waals surface area contributed by atoms with Crippen LogP contribution in [0, 0.1) is 13.8 Å². The summed E-state index contributed by atoms with van der Waals surface area (Å²) in [5.41, 5.74) is 7.27. The quantitative estimate of drug-likeness (QED) is 0.577. The van der Waals surface area contributed by atoms with Crippen molar-refractivity contribution in [2.75, 3.05) is 5.33 Å². The van der Waals surface area contributed by atoms with Crippen molar-refractivity contribution in [3.05, 3.63) is 65.2 Å². The van der Waals surface area contributed by atoms with Crippen molar-refractivity contribution in [1.29, 1.82) is 0 Å². The molecule has 1 heterocycles. The van der Waals surface area contributed by atoms with E-state index in [-0.39, 0.29) is 0 Å². The Morgan fingerprint density at radius 2 is 1.71 bits per heavy atom. The summed E-state index contributed by atoms with van der Waals surface area (Å²) in [6, 6.07) is 17.1. The number of rotatable bonds is 3. The third kappa shape index (κ3) is 2.73. The van der Waals surface area contributed by atoms with Crippen LogP contribution in [-0.2, 0) is 6.42 Å². The van der Waals surface area contributed by atoms with Gasteiger partial charge in [0.05, 0.1) is 11.2 Å². The van der Waals surface area contributed by atoms with Crippen LogP contribution < -0.4 is 0 Å². The van der Waals surface area contributed by atoms with Crippen LogP contribution in [0.15, 0.2) is 48.5 Å². The molecule has 0 radical (unpaired) electrons. The fourth-order valence-electron chi connectivity index (χ4n) is 2.75. The number of benzene rings is 2. The van der Waals surface area contributed by atoms with E-state index in [0.717, 1.165) is 23.0 Å². The second-order valence-electron chi connectivity index (χ2n) is 5.40. The Morgan fingerprint density at radius 3 is 2.48 bits per heavy atom. The highest BCUT2D eigenvalue weighted by Gasteiger charge is 2.11. The van der Waals surface area contributed by atoms with E-state index in [0.29, 0.717) is 0 Å². The van der Waals surface area contributed by atoms with Gasteiger partial charge in [0.25, 0.3) is 0 Å². The summed E-state index contributed by atoms with van der Waals surface area (Å²) >= 11 is 3.56. The molecule has 0 atom stereocenters. The van der Waals surface area contributed by atoms with Crippen molar-refractivity contribution < 1.29 is 0 Å². The van der Waals surface area contributed by atoms with Crippen LogP contribution in [0.25, 0.3) is 22.2 Å². The minimum absolute atomic E-state index is 0.949. The molecule has 106 valence electrons. The lowest BCUT2D eigenvalue weighted by molar-refractivity contribution is 1.14. The molecule has 3 rings (SSSR count). The van der Waals surface area contributed by atoms with E-state index in [1.807, 2.05) is 0 Å². The molecule has 0 bridgehead atoms. The normalized spacial score (nSPS) is 11.0. The molecule has 0 aliphatic carbocycles. The number of fused-ring (bicyclic) bond motifs is 1. The number of alkyl halides is 1. The van der Waals surface area contributed by atoms with Gasteiger partial charge in [-0.25, -0.2) is 4.98 Å². The summed E-state index contributed by atoms with van der Waals surface area (Å²) in [6.45, 7) is 4.28. The Morgan fingerprint density at radius 1 is 0.952 bits per heavy atom. The highest BCUT2D eigenvalue weighted by molar-refractivity contribution is 9.09. The van der Waals surface area contributed by atoms with E-state index in [1.54, 1.807) is 0 Å². The van der Waals surface area contributed by atoms with Crippen LogP contribution in [0.4, 0.5) is 0 Å². The average molecular weight is 340 g/mol. The zero-order valence-corrected chi connectivity index (χ0v) is 13.9. The molecule has 2 heteroatoms. The van der Waals surface area contributed by atoms with Gasteiger partial charge in [-0.15, -0.1) is 0 Å². The van der Waals surface area contributed by atoms with E-state index in [4.69, 9.17) is 4.98 Å². The molecular weight excluding hydrogens is 322 g/mol. The fourth-order valence-corrected chi connectivity index (χ4v) is 3.18. The van der Waals surface area contributed by atoms with E-state index >= 15 is 0 Å². The minimum Gasteiger partial charge on any atom is -0.247 e. The second-order valence-corrected chi connectivity index (χ2v) is 6.19. The summed E-state index contributed by atoms with van der Waals surface area (Å²) < 4.78 is 0. The number of nitrogens with zero attached hydrogens (tertiary/aromatic N) is 1. The lowest BCUT2D eigenvalue weighted by atomic mass is 9.97. The van der Waals surface area contributed by atoms with E-state index in [2.05, 4.69) is 78.3 Å². The number of para-hydroxylation sites is 1. The van der Waals surface area contributed by atoms with E-state index in [9.17, 15) is 0 Å². The number of halogens is 1. The van der Waals surface area contributed by atoms with E-state index < -0.39 is 0 Å². The summed E-state index contributed by atoms with van der Waals surface area (Å²) in [7, 11) is 0. The Labute approximate surface area is 134 Å². The summed E-state index contributed by atoms with van der Waals surface area (Å²) in [5, 5.41) is 2.17. The summed E-state index contributed by atoms with van der Waals surface area (Å²) in [5.74, 6) is 0. The molecule has 1 nitrogen and oxygen atoms in total. The molecule has 3 aromatic rings. The first-order chi connectivity index (χ1) is 10.2. The Hall–Kier alpha value is -1.67. The Kier molecular flexibility index (Phi) is 4.07. The number of hydrogen-bond donors (Lipinski definition) is 0. The number of pyridine rings is 1. The number of hydrogen-bond acceptors (Lipinski definition) is 1. The second kappa shape index (κ2) is 5.98. The first-order valence-corrected chi connectivity index (χ1v) is 8.34. The molecular formula is C19H18BrN. The maximum absolute atomic E-state index is 5.00. The van der Waals surface area contributed by atoms with Gasteiger partial charge in [-0.05, 0) is 43.0 Å². The molecule has 21 heavy (non-hydrogen) atoms. The zero-order chi connectivity index (χ0) is 14.8. The molecule has 2 aromatic carbocycles. The standard InChI is InChI=1S/C19H18BrN/c1-13-6-3-4-9-17(13)19-16(10-11-20)12-15-8-5-7-14(2)18(15)21-19/h3-9,12H,10-11H2,1-2H3. The van der Waals surface area contributed by atoms with Crippen LogP contribution in [0.1, 0.15) is 16.7 Å². The van der Waals surface area contributed by atoms with Gasteiger partial charge in [0.2, 0.25) is 0 Å². The van der Waals surface area contributed by atoms with E-state index in [1.165, 1.54) is 27.6 Å². The molecule has 0 aliphatic heterocycles. The smallest absolute Gasteiger partial charge is 0.0744 e. The van der Waals surface area contributed by atoms with Crippen molar-refractivity contribution >= 4 is 26.8 Å². The highest BCUT2D eigenvalue weighted by Crippen LogP contribution is 2.29. The van der Waals surface area contributed by atoms with Gasteiger partial charge in [0, 0.05) is 16.3 Å². The number of aryl methyl sites for hydroxylation is 3. The Balaban J connectivity index is 2.31. The molecule has 0 fully saturated rings. The zero-order valence-electron chi connectivity index (χ0n) is 12.4. The monoisotopic (exact) mass is 339 g/mol. The minimum atomic E-state index is 0.949. The molecule has 0 unspecified atom stereocenters. The molecule has 0 amide bonds. The largest absolute Gasteiger partial charge is 0.247 e. The van der Waals surface area contributed by atoms with Gasteiger partial charge in [-0.2, -0.15) is 0 Å². The molecule has 0 N–H and O–H groups in total. The lowest BCUT2D eigenvalue weighted by Gasteiger charge is -2.13. The topological polar surface area (TPSA) is 12.9 Å². The molecule has 0 saturated heterocycles. The Bertz CT molecular complexity index is 793. The van der Waals surface area contributed by atoms with Crippen molar-refractivity contribution in [1.82, 2.24) is 4.98 Å². The predicted molar refractivity (Wildman–Crippen MR) is 94.2 cm³/mol. The third-order valence-electron chi connectivity index (χ3n) is 3.89. The average Bonchev–Trinajstić information content (AvgIpc) is 2.48. The molecule has 1 aromatic heterocycles. The van der Waals surface area contributed by atoms with Crippen molar-refractivity contribution in [3.8, 4) is 11.3 Å². The molecule has 0 saturated carbocycles. The first-order valence-electron chi connectivity index (χ1n) is 7.22. The van der Waals surface area contributed by atoms with Crippen molar-refractivity contribution in [2.45, 2.75) is 20.3 Å². The van der Waals surface area contributed by atoms with Gasteiger partial charge < -0.3 is 0 Å². The fraction of sp³-hybridized carbons (Fsp3) is 0.211. The first kappa shape index (κ1) is 14.3. The SMILES string of the molecule is Cc1ccccc1-c1nc2c(C)cccc2cc1CCBr. The summed E-state index contributed by atoms with van der Waals surface area (Å²) in [4.78, 5) is 5.00. The highest BCUT2D eigenvalue weighted by atomic mass is 79.9. The van der Waals surface area contributed by atoms with Gasteiger partial charge in [0.1, 0.15) is 0 Å². The van der Waals surface area contributed by atoms with Crippen LogP contribution in [0.3, 0.4) is 0 Å². The van der Waals surface area contributed by atoms with Gasteiger partial charge >= 0.3 is 0 Å². The van der Waals surface area contributed by atoms with Crippen LogP contribution >= 0.6 is 15.9 Å². The predicted octanol–water partition coefficient (Wildman–Crippen LogP) is 5.46. The molecule has 0 aliphatic rings. The van der Waals surface area contributed by atoms with Gasteiger partial charge in [-0.3, -0.25) is 0 Å². The maximum atomic E-state index is 5.00. The van der Waals surface area contributed by atoms with Crippen LogP contribution in [0.2, 0.25) is 0 Å². The lowest BCUT2D eigenvalue weighted by Crippen LogP contribution is -1.98. The maximum Gasteiger partial charge on any atom is 0.0744 e.